The van der Waals surface area contributed by atoms with Gasteiger partial charge in [0.25, 0.3) is 11.8 Å². The molecule has 3 aliphatic rings. The maximum absolute atomic E-state index is 12.9. The highest BCUT2D eigenvalue weighted by Crippen LogP contribution is 2.33. The molecular weight excluding hydrogens is 378 g/mol. The van der Waals surface area contributed by atoms with Crippen LogP contribution in [0.4, 0.5) is 11.6 Å². The Balaban J connectivity index is 1.42. The van der Waals surface area contributed by atoms with Crippen LogP contribution >= 0.6 is 0 Å². The first-order chi connectivity index (χ1) is 14.7. The average Bonchev–Trinajstić information content (AvgIpc) is 3.13. The van der Waals surface area contributed by atoms with Gasteiger partial charge in [-0.2, -0.15) is 0 Å². The van der Waals surface area contributed by atoms with Gasteiger partial charge in [-0.1, -0.05) is 0 Å². The van der Waals surface area contributed by atoms with Crippen LogP contribution < -0.4 is 4.90 Å². The van der Waals surface area contributed by atoms with Crippen LogP contribution in [0, 0.1) is 0 Å². The molecule has 3 aliphatic heterocycles. The number of hydrogen-bond acceptors (Lipinski definition) is 5. The maximum atomic E-state index is 12.9. The number of fused-ring (bicyclic) bond motifs is 2. The van der Waals surface area contributed by atoms with E-state index in [1.807, 2.05) is 28.9 Å². The molecule has 0 bridgehead atoms. The summed E-state index contributed by atoms with van der Waals surface area (Å²) in [6, 6.07) is 4.04. The van der Waals surface area contributed by atoms with Gasteiger partial charge in [-0.3, -0.25) is 9.59 Å². The number of aromatic nitrogens is 2. The van der Waals surface area contributed by atoms with Crippen molar-refractivity contribution in [2.75, 3.05) is 31.1 Å². The molecule has 0 aliphatic carbocycles. The summed E-state index contributed by atoms with van der Waals surface area (Å²) in [6.07, 6.45) is 8.67. The molecule has 1 fully saturated rings. The van der Waals surface area contributed by atoms with E-state index in [0.29, 0.717) is 24.2 Å². The van der Waals surface area contributed by atoms with E-state index >= 15 is 0 Å². The minimum absolute atomic E-state index is 0.0598. The molecule has 5 rings (SSSR count). The van der Waals surface area contributed by atoms with Crippen molar-refractivity contribution in [3.8, 4) is 0 Å². The zero-order chi connectivity index (χ0) is 20.7. The van der Waals surface area contributed by atoms with Crippen LogP contribution in [0.5, 0.6) is 0 Å². The summed E-state index contributed by atoms with van der Waals surface area (Å²) in [5, 5.41) is 0. The summed E-state index contributed by atoms with van der Waals surface area (Å²) < 4.78 is 0. The smallest absolute Gasteiger partial charge is 0.256 e. The second kappa shape index (κ2) is 7.70. The Morgan fingerprint density at radius 1 is 1.00 bits per heavy atom. The molecule has 0 N–H and O–H groups in total. The molecule has 2 amide bonds. The monoisotopic (exact) mass is 405 g/mol. The van der Waals surface area contributed by atoms with Crippen molar-refractivity contribution in [3.05, 3.63) is 46.8 Å². The van der Waals surface area contributed by atoms with Gasteiger partial charge < -0.3 is 14.7 Å². The lowest BCUT2D eigenvalue weighted by atomic mass is 10.0. The third kappa shape index (κ3) is 3.22. The van der Waals surface area contributed by atoms with Crippen LogP contribution in [0.15, 0.2) is 24.5 Å². The molecule has 0 unspecified atom stereocenters. The standard InChI is InChI=1S/C23H27N5O2/c1-2-26-15-18-12-20(24-14-19(18)23(26)30)28-10-6-7-16-11-17(13-25-21(16)28)22(29)27-8-4-3-5-9-27/h11-14H,2-10,15H2,1H3. The van der Waals surface area contributed by atoms with Gasteiger partial charge in [0.2, 0.25) is 0 Å². The maximum Gasteiger partial charge on any atom is 0.256 e. The molecule has 156 valence electrons. The Morgan fingerprint density at radius 2 is 1.83 bits per heavy atom. The second-order valence-electron chi connectivity index (χ2n) is 8.33. The number of piperidine rings is 1. The predicted octanol–water partition coefficient (Wildman–Crippen LogP) is 3.16. The van der Waals surface area contributed by atoms with Crippen molar-refractivity contribution < 1.29 is 9.59 Å². The summed E-state index contributed by atoms with van der Waals surface area (Å²) >= 11 is 0. The van der Waals surface area contributed by atoms with Gasteiger partial charge in [-0.15, -0.1) is 0 Å². The topological polar surface area (TPSA) is 69.6 Å². The van der Waals surface area contributed by atoms with Crippen molar-refractivity contribution >= 4 is 23.5 Å². The first-order valence-corrected chi connectivity index (χ1v) is 11.0. The van der Waals surface area contributed by atoms with Gasteiger partial charge in [-0.25, -0.2) is 9.97 Å². The number of hydrogen-bond donors (Lipinski definition) is 0. The highest BCUT2D eigenvalue weighted by atomic mass is 16.2. The summed E-state index contributed by atoms with van der Waals surface area (Å²) in [7, 11) is 0. The van der Waals surface area contributed by atoms with Crippen molar-refractivity contribution in [1.29, 1.82) is 0 Å². The Bertz CT molecular complexity index is 999. The molecule has 5 heterocycles. The lowest BCUT2D eigenvalue weighted by Crippen LogP contribution is -2.36. The molecule has 1 saturated heterocycles. The first-order valence-electron chi connectivity index (χ1n) is 11.0. The number of likely N-dealkylation sites (tertiary alicyclic amines) is 1. The fourth-order valence-electron chi connectivity index (χ4n) is 4.74. The molecule has 7 heteroatoms. The molecule has 30 heavy (non-hydrogen) atoms. The quantitative estimate of drug-likeness (QED) is 0.785. The molecular formula is C23H27N5O2. The SMILES string of the molecule is CCN1Cc2cc(N3CCCc4cc(C(=O)N5CCCCC5)cnc43)ncc2C1=O. The molecule has 2 aromatic heterocycles. The summed E-state index contributed by atoms with van der Waals surface area (Å²) in [6.45, 7) is 5.84. The molecule has 0 atom stereocenters. The van der Waals surface area contributed by atoms with Gasteiger partial charge in [0.1, 0.15) is 11.6 Å². The van der Waals surface area contributed by atoms with Gasteiger partial charge in [0.15, 0.2) is 0 Å². The predicted molar refractivity (Wildman–Crippen MR) is 114 cm³/mol. The molecule has 0 saturated carbocycles. The summed E-state index contributed by atoms with van der Waals surface area (Å²) in [4.78, 5) is 40.4. The molecule has 0 radical (unpaired) electrons. The Hall–Kier alpha value is -2.96. The highest BCUT2D eigenvalue weighted by molar-refractivity contribution is 5.98. The molecule has 0 aromatic carbocycles. The van der Waals surface area contributed by atoms with Crippen molar-refractivity contribution in [2.45, 2.75) is 45.6 Å². The van der Waals surface area contributed by atoms with E-state index in [9.17, 15) is 9.59 Å². The number of pyridine rings is 2. The summed E-state index contributed by atoms with van der Waals surface area (Å²) in [5.74, 6) is 1.85. The minimum Gasteiger partial charge on any atom is -0.339 e. The van der Waals surface area contributed by atoms with Crippen LogP contribution in [0.3, 0.4) is 0 Å². The zero-order valence-electron chi connectivity index (χ0n) is 17.4. The lowest BCUT2D eigenvalue weighted by molar-refractivity contribution is 0.0723. The van der Waals surface area contributed by atoms with Crippen LogP contribution in [-0.4, -0.2) is 57.8 Å². The van der Waals surface area contributed by atoms with Gasteiger partial charge >= 0.3 is 0 Å². The van der Waals surface area contributed by atoms with E-state index in [-0.39, 0.29) is 11.8 Å². The van der Waals surface area contributed by atoms with E-state index in [1.165, 1.54) is 6.42 Å². The number of amides is 2. The average molecular weight is 406 g/mol. The van der Waals surface area contributed by atoms with E-state index in [1.54, 1.807) is 12.4 Å². The Morgan fingerprint density at radius 3 is 2.63 bits per heavy atom. The third-order valence-corrected chi connectivity index (χ3v) is 6.43. The fourth-order valence-corrected chi connectivity index (χ4v) is 4.74. The number of aryl methyl sites for hydroxylation is 1. The van der Waals surface area contributed by atoms with Crippen LogP contribution in [0.25, 0.3) is 0 Å². The van der Waals surface area contributed by atoms with E-state index < -0.39 is 0 Å². The fraction of sp³-hybridized carbons (Fsp3) is 0.478. The van der Waals surface area contributed by atoms with Crippen molar-refractivity contribution in [3.63, 3.8) is 0 Å². The third-order valence-electron chi connectivity index (χ3n) is 6.43. The van der Waals surface area contributed by atoms with Crippen LogP contribution in [0.2, 0.25) is 0 Å². The van der Waals surface area contributed by atoms with E-state index in [2.05, 4.69) is 9.88 Å². The van der Waals surface area contributed by atoms with Gasteiger partial charge in [0.05, 0.1) is 11.1 Å². The van der Waals surface area contributed by atoms with E-state index in [0.717, 1.165) is 68.1 Å². The Kier molecular flexibility index (Phi) is 4.89. The van der Waals surface area contributed by atoms with Crippen LogP contribution in [0.1, 0.15) is 64.4 Å². The minimum atomic E-state index is 0.0598. The highest BCUT2D eigenvalue weighted by Gasteiger charge is 2.29. The number of rotatable bonds is 3. The number of carbonyl (C=O) groups is 2. The Labute approximate surface area is 176 Å². The first kappa shape index (κ1) is 19.0. The van der Waals surface area contributed by atoms with Crippen molar-refractivity contribution in [1.82, 2.24) is 19.8 Å². The van der Waals surface area contributed by atoms with Gasteiger partial charge in [-0.05, 0) is 62.3 Å². The molecule has 7 nitrogen and oxygen atoms in total. The van der Waals surface area contributed by atoms with Gasteiger partial charge in [0, 0.05) is 45.1 Å². The molecule has 2 aromatic rings. The van der Waals surface area contributed by atoms with Crippen LogP contribution in [-0.2, 0) is 13.0 Å². The summed E-state index contributed by atoms with van der Waals surface area (Å²) in [5.41, 5.74) is 3.51. The lowest BCUT2D eigenvalue weighted by Gasteiger charge is -2.30. The largest absolute Gasteiger partial charge is 0.339 e. The number of anilines is 2. The van der Waals surface area contributed by atoms with E-state index in [4.69, 9.17) is 4.98 Å². The normalized spacial score (nSPS) is 18.4. The second-order valence-corrected chi connectivity index (χ2v) is 8.33. The number of carbonyl (C=O) groups excluding carboxylic acids is 2. The number of nitrogens with zero attached hydrogens (tertiary/aromatic N) is 5. The molecule has 0 spiro atoms. The van der Waals surface area contributed by atoms with Crippen molar-refractivity contribution in [2.24, 2.45) is 0 Å². The zero-order valence-corrected chi connectivity index (χ0v) is 17.4.